The first-order valence-corrected chi connectivity index (χ1v) is 7.95. The average molecular weight is 303 g/mol. The van der Waals surface area contributed by atoms with E-state index in [4.69, 9.17) is 5.11 Å². The second kappa shape index (κ2) is 7.40. The Morgan fingerprint density at radius 3 is 2.59 bits per heavy atom. The predicted molar refractivity (Wildman–Crippen MR) is 87.1 cm³/mol. The van der Waals surface area contributed by atoms with E-state index < -0.39 is 5.97 Å². The van der Waals surface area contributed by atoms with Crippen LogP contribution in [0.5, 0.6) is 0 Å². The Morgan fingerprint density at radius 1 is 1.32 bits per heavy atom. The second-order valence-corrected chi connectivity index (χ2v) is 5.78. The van der Waals surface area contributed by atoms with Gasteiger partial charge in [0.2, 0.25) is 0 Å². The zero-order valence-electron chi connectivity index (χ0n) is 13.7. The lowest BCUT2D eigenvalue weighted by atomic mass is 10.2. The van der Waals surface area contributed by atoms with Crippen molar-refractivity contribution >= 4 is 11.6 Å². The molecule has 2 heterocycles. The summed E-state index contributed by atoms with van der Waals surface area (Å²) in [4.78, 5) is 18.1. The van der Waals surface area contributed by atoms with Crippen molar-refractivity contribution in [2.75, 3.05) is 13.1 Å². The number of carboxylic acids is 1. The summed E-state index contributed by atoms with van der Waals surface area (Å²) in [5, 5.41) is 9.15. The van der Waals surface area contributed by atoms with Crippen LogP contribution in [0.25, 0.3) is 5.65 Å². The van der Waals surface area contributed by atoms with Crippen LogP contribution >= 0.6 is 0 Å². The smallest absolute Gasteiger partial charge is 0.309 e. The van der Waals surface area contributed by atoms with Gasteiger partial charge in [-0.2, -0.15) is 0 Å². The molecule has 1 N–H and O–H groups in total. The summed E-state index contributed by atoms with van der Waals surface area (Å²) in [6.07, 6.45) is 4.14. The number of imidazole rings is 1. The molecule has 0 aliphatic carbocycles. The number of fused-ring (bicyclic) bond motifs is 1. The van der Waals surface area contributed by atoms with E-state index in [1.54, 1.807) is 0 Å². The van der Waals surface area contributed by atoms with Gasteiger partial charge < -0.3 is 9.51 Å². The maximum atomic E-state index is 11.1. The Labute approximate surface area is 131 Å². The van der Waals surface area contributed by atoms with Gasteiger partial charge in [-0.05, 0) is 50.6 Å². The largest absolute Gasteiger partial charge is 0.481 e. The molecule has 0 aliphatic heterocycles. The third kappa shape index (κ3) is 3.85. The lowest BCUT2D eigenvalue weighted by molar-refractivity contribution is -0.136. The highest BCUT2D eigenvalue weighted by molar-refractivity contribution is 5.70. The Morgan fingerprint density at radius 2 is 2.00 bits per heavy atom. The monoisotopic (exact) mass is 303 g/mol. The summed E-state index contributed by atoms with van der Waals surface area (Å²) in [5.74, 6) is -0.834. The van der Waals surface area contributed by atoms with Gasteiger partial charge in [0.05, 0.1) is 17.8 Å². The molecular formula is C17H25N3O2. The number of nitrogens with zero attached hydrogens (tertiary/aromatic N) is 3. The van der Waals surface area contributed by atoms with Crippen molar-refractivity contribution in [3.05, 3.63) is 35.3 Å². The lowest BCUT2D eigenvalue weighted by Gasteiger charge is -2.21. The van der Waals surface area contributed by atoms with E-state index in [0.717, 1.165) is 49.4 Å². The summed E-state index contributed by atoms with van der Waals surface area (Å²) >= 11 is 0. The summed E-state index contributed by atoms with van der Waals surface area (Å²) in [7, 11) is 0. The number of carbonyl (C=O) groups is 1. The van der Waals surface area contributed by atoms with Crippen LogP contribution in [0.2, 0.25) is 0 Å². The van der Waals surface area contributed by atoms with E-state index in [2.05, 4.69) is 23.7 Å². The van der Waals surface area contributed by atoms with E-state index in [-0.39, 0.29) is 6.42 Å². The zero-order chi connectivity index (χ0) is 16.1. The highest BCUT2D eigenvalue weighted by Gasteiger charge is 2.17. The third-order valence-corrected chi connectivity index (χ3v) is 3.74. The third-order valence-electron chi connectivity index (χ3n) is 3.74. The maximum Gasteiger partial charge on any atom is 0.309 e. The molecule has 2 aromatic heterocycles. The van der Waals surface area contributed by atoms with Crippen LogP contribution in [-0.2, 0) is 17.8 Å². The predicted octanol–water partition coefficient (Wildman–Crippen LogP) is 2.89. The first-order valence-electron chi connectivity index (χ1n) is 7.95. The van der Waals surface area contributed by atoms with Gasteiger partial charge in [-0.15, -0.1) is 0 Å². The van der Waals surface area contributed by atoms with Crippen LogP contribution in [0.15, 0.2) is 18.3 Å². The zero-order valence-corrected chi connectivity index (χ0v) is 13.7. The van der Waals surface area contributed by atoms with E-state index >= 15 is 0 Å². The van der Waals surface area contributed by atoms with Crippen molar-refractivity contribution in [2.45, 2.75) is 46.6 Å². The Bertz CT molecular complexity index is 643. The minimum absolute atomic E-state index is 0.0256. The molecule has 5 heteroatoms. The molecule has 0 unspecified atom stereocenters. The Kier molecular flexibility index (Phi) is 5.55. The van der Waals surface area contributed by atoms with Crippen molar-refractivity contribution in [1.82, 2.24) is 14.3 Å². The summed E-state index contributed by atoms with van der Waals surface area (Å²) < 4.78 is 2.03. The minimum atomic E-state index is -0.834. The Hall–Kier alpha value is -1.88. The van der Waals surface area contributed by atoms with Gasteiger partial charge in [-0.1, -0.05) is 13.8 Å². The molecule has 0 radical (unpaired) electrons. The molecule has 0 fully saturated rings. The molecule has 0 amide bonds. The molecule has 22 heavy (non-hydrogen) atoms. The van der Waals surface area contributed by atoms with Crippen LogP contribution < -0.4 is 0 Å². The minimum Gasteiger partial charge on any atom is -0.481 e. The maximum absolute atomic E-state index is 11.1. The molecule has 0 bridgehead atoms. The topological polar surface area (TPSA) is 57.8 Å². The fraction of sp³-hybridized carbons (Fsp3) is 0.529. The quantitative estimate of drug-likeness (QED) is 0.814. The van der Waals surface area contributed by atoms with Gasteiger partial charge in [0, 0.05) is 12.7 Å². The van der Waals surface area contributed by atoms with Crippen molar-refractivity contribution in [2.24, 2.45) is 0 Å². The van der Waals surface area contributed by atoms with Gasteiger partial charge in [0.25, 0.3) is 0 Å². The molecule has 5 nitrogen and oxygen atoms in total. The molecule has 0 spiro atoms. The van der Waals surface area contributed by atoms with E-state index in [1.807, 2.05) is 29.7 Å². The molecule has 0 aliphatic rings. The van der Waals surface area contributed by atoms with Gasteiger partial charge in [-0.25, -0.2) is 4.98 Å². The van der Waals surface area contributed by atoms with Gasteiger partial charge >= 0.3 is 5.97 Å². The number of aryl methyl sites for hydroxylation is 1. The molecule has 2 aromatic rings. The highest BCUT2D eigenvalue weighted by atomic mass is 16.4. The number of hydrogen-bond donors (Lipinski definition) is 1. The van der Waals surface area contributed by atoms with Crippen molar-refractivity contribution in [3.8, 4) is 0 Å². The lowest BCUT2D eigenvalue weighted by Crippen LogP contribution is -2.26. The summed E-state index contributed by atoms with van der Waals surface area (Å²) in [5.41, 5.74) is 3.64. The standard InChI is InChI=1S/C17H25N3O2/c1-4-7-19(8-5-2)12-15-14(11-17(21)22)18-16-10-13(3)6-9-20(15)16/h6,9-10H,4-5,7-8,11-12H2,1-3H3,(H,21,22). The number of aromatic nitrogens is 2. The Balaban J connectivity index is 2.41. The van der Waals surface area contributed by atoms with E-state index in [1.165, 1.54) is 0 Å². The van der Waals surface area contributed by atoms with Crippen LogP contribution in [0.3, 0.4) is 0 Å². The number of hydrogen-bond acceptors (Lipinski definition) is 3. The average Bonchev–Trinajstić information content (AvgIpc) is 2.75. The van der Waals surface area contributed by atoms with Crippen LogP contribution in [0, 0.1) is 6.92 Å². The summed E-state index contributed by atoms with van der Waals surface area (Å²) in [6, 6.07) is 4.03. The summed E-state index contributed by atoms with van der Waals surface area (Å²) in [6.45, 7) is 9.12. The molecule has 0 aromatic carbocycles. The SMILES string of the molecule is CCCN(CCC)Cc1c(CC(=O)O)nc2cc(C)ccn12. The molecule has 120 valence electrons. The van der Waals surface area contributed by atoms with E-state index in [9.17, 15) is 4.79 Å². The van der Waals surface area contributed by atoms with Crippen molar-refractivity contribution in [1.29, 1.82) is 0 Å². The van der Waals surface area contributed by atoms with Crippen molar-refractivity contribution < 1.29 is 9.90 Å². The molecular weight excluding hydrogens is 278 g/mol. The van der Waals surface area contributed by atoms with Crippen LogP contribution in [-0.4, -0.2) is 38.4 Å². The van der Waals surface area contributed by atoms with Crippen LogP contribution in [0.4, 0.5) is 0 Å². The van der Waals surface area contributed by atoms with Crippen LogP contribution in [0.1, 0.15) is 43.6 Å². The van der Waals surface area contributed by atoms with Crippen molar-refractivity contribution in [3.63, 3.8) is 0 Å². The molecule has 0 saturated heterocycles. The number of aliphatic carboxylic acids is 1. The molecule has 0 saturated carbocycles. The molecule has 0 atom stereocenters. The van der Waals surface area contributed by atoms with E-state index in [0.29, 0.717) is 5.69 Å². The number of rotatable bonds is 8. The first-order chi connectivity index (χ1) is 10.5. The fourth-order valence-corrected chi connectivity index (χ4v) is 2.81. The molecule has 2 rings (SSSR count). The van der Waals surface area contributed by atoms with Gasteiger partial charge in [0.15, 0.2) is 0 Å². The first kappa shape index (κ1) is 16.5. The normalized spacial score (nSPS) is 11.5. The fourth-order valence-electron chi connectivity index (χ4n) is 2.81. The second-order valence-electron chi connectivity index (χ2n) is 5.78. The highest BCUT2D eigenvalue weighted by Crippen LogP contribution is 2.17. The number of pyridine rings is 1. The number of carboxylic acid groups (broad SMARTS) is 1. The van der Waals surface area contributed by atoms with Gasteiger partial charge in [0.1, 0.15) is 5.65 Å². The van der Waals surface area contributed by atoms with Gasteiger partial charge in [-0.3, -0.25) is 9.69 Å².